The molecule has 4 heteroatoms. The molecule has 0 radical (unpaired) electrons. The number of carbonyl (C=O) groups is 1. The topological polar surface area (TPSA) is 46.3 Å². The molecule has 1 aromatic rings. The van der Waals surface area contributed by atoms with Crippen LogP contribution >= 0.6 is 0 Å². The molecule has 3 nitrogen and oxygen atoms in total. The van der Waals surface area contributed by atoms with Crippen molar-refractivity contribution in [2.45, 2.75) is 33.2 Å². The van der Waals surface area contributed by atoms with Crippen LogP contribution in [0, 0.1) is 17.7 Å². The summed E-state index contributed by atoms with van der Waals surface area (Å²) in [7, 11) is 0. The minimum Gasteiger partial charge on any atom is -0.336 e. The zero-order valence-corrected chi connectivity index (χ0v) is 12.2. The Balaban J connectivity index is 3.04. The highest BCUT2D eigenvalue weighted by Gasteiger charge is 2.20. The van der Waals surface area contributed by atoms with Crippen molar-refractivity contribution >= 4 is 5.91 Å². The van der Waals surface area contributed by atoms with Crippen LogP contribution in [-0.4, -0.2) is 29.9 Å². The number of nitrogens with two attached hydrogens (primary N) is 1. The summed E-state index contributed by atoms with van der Waals surface area (Å²) in [4.78, 5) is 14.0. The Kier molecular flexibility index (Phi) is 6.20. The van der Waals surface area contributed by atoms with Gasteiger partial charge in [0.15, 0.2) is 0 Å². The summed E-state index contributed by atoms with van der Waals surface area (Å²) in [6.07, 6.45) is 0.839. The van der Waals surface area contributed by atoms with Gasteiger partial charge < -0.3 is 10.6 Å². The molecule has 108 valence electrons. The van der Waals surface area contributed by atoms with Crippen LogP contribution in [-0.2, 0) is 0 Å². The van der Waals surface area contributed by atoms with Crippen LogP contribution < -0.4 is 5.73 Å². The molecule has 0 aliphatic carbocycles. The minimum absolute atomic E-state index is 0.0403. The molecule has 0 saturated heterocycles. The number of amides is 1. The molecule has 0 bridgehead atoms. The lowest BCUT2D eigenvalue weighted by Crippen LogP contribution is -2.38. The van der Waals surface area contributed by atoms with Gasteiger partial charge in [0.05, 0.1) is 12.1 Å². The molecule has 0 aromatic heterocycles. The van der Waals surface area contributed by atoms with Crippen LogP contribution in [0.1, 0.15) is 43.1 Å². The van der Waals surface area contributed by atoms with Crippen LogP contribution in [0.5, 0.6) is 0 Å². The van der Waals surface area contributed by atoms with Gasteiger partial charge in [0, 0.05) is 18.2 Å². The van der Waals surface area contributed by atoms with Gasteiger partial charge in [-0.1, -0.05) is 18.8 Å². The van der Waals surface area contributed by atoms with E-state index < -0.39 is 5.82 Å². The van der Waals surface area contributed by atoms with E-state index in [1.165, 1.54) is 12.1 Å². The fourth-order valence-corrected chi connectivity index (χ4v) is 1.91. The van der Waals surface area contributed by atoms with Gasteiger partial charge in [0.2, 0.25) is 0 Å². The molecular formula is C16H21FN2O. The van der Waals surface area contributed by atoms with E-state index >= 15 is 0 Å². The van der Waals surface area contributed by atoms with Crippen molar-refractivity contribution in [3.05, 3.63) is 35.1 Å². The quantitative estimate of drug-likeness (QED) is 0.858. The molecule has 0 aliphatic rings. The summed E-state index contributed by atoms with van der Waals surface area (Å²) in [6, 6.07) is 4.45. The van der Waals surface area contributed by atoms with E-state index in [4.69, 9.17) is 5.73 Å². The predicted octanol–water partition coefficient (Wildman–Crippen LogP) is 2.40. The largest absolute Gasteiger partial charge is 0.336 e. The number of carbonyl (C=O) groups excluding carboxylic acids is 1. The van der Waals surface area contributed by atoms with Crippen molar-refractivity contribution in [3.63, 3.8) is 0 Å². The van der Waals surface area contributed by atoms with Crippen molar-refractivity contribution in [1.29, 1.82) is 0 Å². The molecule has 0 saturated carbocycles. The normalized spacial score (nSPS) is 10.1. The smallest absolute Gasteiger partial charge is 0.257 e. The molecule has 0 fully saturated rings. The first-order chi connectivity index (χ1) is 9.51. The Morgan fingerprint density at radius 1 is 1.45 bits per heavy atom. The van der Waals surface area contributed by atoms with E-state index in [0.29, 0.717) is 12.1 Å². The summed E-state index contributed by atoms with van der Waals surface area (Å²) in [6.45, 7) is 6.67. The summed E-state index contributed by atoms with van der Waals surface area (Å²) >= 11 is 0. The van der Waals surface area contributed by atoms with Crippen molar-refractivity contribution in [2.75, 3.05) is 13.1 Å². The summed E-state index contributed by atoms with van der Waals surface area (Å²) in [5, 5.41) is 0. The predicted molar refractivity (Wildman–Crippen MR) is 78.8 cm³/mol. The molecule has 2 N–H and O–H groups in total. The molecule has 1 aromatic carbocycles. The summed E-state index contributed by atoms with van der Waals surface area (Å²) < 4.78 is 14.0. The second-order valence-electron chi connectivity index (χ2n) is 4.79. The first kappa shape index (κ1) is 16.2. The zero-order chi connectivity index (χ0) is 15.1. The first-order valence-electron chi connectivity index (χ1n) is 6.80. The van der Waals surface area contributed by atoms with E-state index in [9.17, 15) is 9.18 Å². The SMILES string of the molecule is CCCN(C(=O)c1ccc(C#CCN)cc1F)C(C)C. The van der Waals surface area contributed by atoms with E-state index in [2.05, 4.69) is 11.8 Å². The number of halogens is 1. The lowest BCUT2D eigenvalue weighted by Gasteiger charge is -2.26. The van der Waals surface area contributed by atoms with Crippen LogP contribution in [0.25, 0.3) is 0 Å². The highest BCUT2D eigenvalue weighted by molar-refractivity contribution is 5.94. The van der Waals surface area contributed by atoms with Crippen LogP contribution in [0.3, 0.4) is 0 Å². The highest BCUT2D eigenvalue weighted by atomic mass is 19.1. The molecule has 1 rings (SSSR count). The van der Waals surface area contributed by atoms with Crippen LogP contribution in [0.15, 0.2) is 18.2 Å². The van der Waals surface area contributed by atoms with E-state index in [-0.39, 0.29) is 24.1 Å². The second kappa shape index (κ2) is 7.66. The maximum Gasteiger partial charge on any atom is 0.257 e. The molecule has 0 aliphatic heterocycles. The van der Waals surface area contributed by atoms with Gasteiger partial charge in [0.25, 0.3) is 5.91 Å². The third kappa shape index (κ3) is 4.07. The van der Waals surface area contributed by atoms with Crippen LogP contribution in [0.2, 0.25) is 0 Å². The van der Waals surface area contributed by atoms with Gasteiger partial charge in [-0.05, 0) is 38.5 Å². The molecule has 0 heterocycles. The van der Waals surface area contributed by atoms with E-state index in [1.807, 2.05) is 20.8 Å². The van der Waals surface area contributed by atoms with Gasteiger partial charge in [-0.3, -0.25) is 4.79 Å². The molecule has 0 atom stereocenters. The van der Waals surface area contributed by atoms with Crippen molar-refractivity contribution in [3.8, 4) is 11.8 Å². The monoisotopic (exact) mass is 276 g/mol. The van der Waals surface area contributed by atoms with Gasteiger partial charge >= 0.3 is 0 Å². The molecule has 1 amide bonds. The Bertz CT molecular complexity index is 529. The zero-order valence-electron chi connectivity index (χ0n) is 12.2. The number of hydrogen-bond donors (Lipinski definition) is 1. The lowest BCUT2D eigenvalue weighted by atomic mass is 10.1. The summed E-state index contributed by atoms with van der Waals surface area (Å²) in [5.41, 5.74) is 5.88. The third-order valence-corrected chi connectivity index (χ3v) is 2.88. The highest BCUT2D eigenvalue weighted by Crippen LogP contribution is 2.14. The second-order valence-corrected chi connectivity index (χ2v) is 4.79. The van der Waals surface area contributed by atoms with Crippen molar-refractivity contribution < 1.29 is 9.18 Å². The minimum atomic E-state index is -0.541. The third-order valence-electron chi connectivity index (χ3n) is 2.88. The maximum absolute atomic E-state index is 14.0. The standard InChI is InChI=1S/C16H21FN2O/c1-4-10-19(12(2)3)16(20)14-8-7-13(6-5-9-18)11-15(14)17/h7-8,11-12H,4,9-10,18H2,1-3H3. The Morgan fingerprint density at radius 3 is 2.65 bits per heavy atom. The van der Waals surface area contributed by atoms with Gasteiger partial charge in [0.1, 0.15) is 5.82 Å². The molecule has 0 spiro atoms. The number of rotatable bonds is 4. The van der Waals surface area contributed by atoms with E-state index in [1.54, 1.807) is 11.0 Å². The fraction of sp³-hybridized carbons (Fsp3) is 0.438. The van der Waals surface area contributed by atoms with Crippen LogP contribution in [0.4, 0.5) is 4.39 Å². The molecular weight excluding hydrogens is 255 g/mol. The summed E-state index contributed by atoms with van der Waals surface area (Å²) in [5.74, 6) is 4.58. The Morgan fingerprint density at radius 2 is 2.15 bits per heavy atom. The van der Waals surface area contributed by atoms with Gasteiger partial charge in [-0.25, -0.2) is 4.39 Å². The Hall–Kier alpha value is -1.86. The lowest BCUT2D eigenvalue weighted by molar-refractivity contribution is 0.0701. The first-order valence-corrected chi connectivity index (χ1v) is 6.80. The van der Waals surface area contributed by atoms with Crippen molar-refractivity contribution in [1.82, 2.24) is 4.90 Å². The number of benzene rings is 1. The Labute approximate surface area is 120 Å². The number of hydrogen-bond acceptors (Lipinski definition) is 2. The van der Waals surface area contributed by atoms with Gasteiger partial charge in [-0.15, -0.1) is 0 Å². The average molecular weight is 276 g/mol. The molecule has 20 heavy (non-hydrogen) atoms. The molecule has 0 unspecified atom stereocenters. The number of nitrogens with zero attached hydrogens (tertiary/aromatic N) is 1. The average Bonchev–Trinajstić information content (AvgIpc) is 2.41. The van der Waals surface area contributed by atoms with Gasteiger partial charge in [-0.2, -0.15) is 0 Å². The van der Waals surface area contributed by atoms with Crippen molar-refractivity contribution in [2.24, 2.45) is 5.73 Å². The maximum atomic E-state index is 14.0. The fourth-order valence-electron chi connectivity index (χ4n) is 1.91. The van der Waals surface area contributed by atoms with E-state index in [0.717, 1.165) is 6.42 Å².